The lowest BCUT2D eigenvalue weighted by molar-refractivity contribution is -0.385. The van der Waals surface area contributed by atoms with Gasteiger partial charge >= 0.3 is 5.69 Å². The van der Waals surface area contributed by atoms with Crippen molar-refractivity contribution in [3.05, 3.63) is 99.6 Å². The Bertz CT molecular complexity index is 1660. The summed E-state index contributed by atoms with van der Waals surface area (Å²) < 4.78 is 7.93. The lowest BCUT2D eigenvalue weighted by atomic mass is 10.1. The van der Waals surface area contributed by atoms with Gasteiger partial charge in [-0.3, -0.25) is 25.0 Å². The van der Waals surface area contributed by atoms with Gasteiger partial charge in [0.2, 0.25) is 11.6 Å². The molecule has 0 aliphatic heterocycles. The Hall–Kier alpha value is -4.04. The van der Waals surface area contributed by atoms with E-state index in [9.17, 15) is 25.0 Å². The average molecular weight is 646 g/mol. The zero-order valence-electron chi connectivity index (χ0n) is 19.9. The highest BCUT2D eigenvalue weighted by molar-refractivity contribution is 9.10. The number of nitro benzene ring substituents is 1. The maximum atomic E-state index is 13.4. The van der Waals surface area contributed by atoms with Crippen molar-refractivity contribution >= 4 is 60.4 Å². The van der Waals surface area contributed by atoms with Gasteiger partial charge in [-0.25, -0.2) is 9.97 Å². The molecule has 1 atom stereocenters. The van der Waals surface area contributed by atoms with Gasteiger partial charge in [0.15, 0.2) is 0 Å². The van der Waals surface area contributed by atoms with E-state index in [1.807, 2.05) is 13.8 Å². The third-order valence-electron chi connectivity index (χ3n) is 5.60. The van der Waals surface area contributed by atoms with Crippen molar-refractivity contribution in [1.82, 2.24) is 14.6 Å². The molecule has 4 rings (SSSR count). The van der Waals surface area contributed by atoms with Crippen LogP contribution in [0.4, 0.5) is 11.4 Å². The highest BCUT2D eigenvalue weighted by Crippen LogP contribution is 2.37. The number of pyridine rings is 1. The Kier molecular flexibility index (Phi) is 7.92. The van der Waals surface area contributed by atoms with Crippen LogP contribution in [0.1, 0.15) is 37.6 Å². The van der Waals surface area contributed by atoms with Crippen LogP contribution in [0.5, 0.6) is 11.6 Å². The lowest BCUT2D eigenvalue weighted by Crippen LogP contribution is -2.23. The molecular weight excluding hydrogens is 628 g/mol. The number of nitro groups is 2. The molecule has 38 heavy (non-hydrogen) atoms. The van der Waals surface area contributed by atoms with Crippen molar-refractivity contribution in [2.45, 2.75) is 26.2 Å². The minimum absolute atomic E-state index is 0.106. The van der Waals surface area contributed by atoms with Gasteiger partial charge in [-0.1, -0.05) is 45.7 Å². The zero-order valence-corrected chi connectivity index (χ0v) is 23.0. The Morgan fingerprint density at radius 3 is 2.50 bits per heavy atom. The first kappa shape index (κ1) is 27.0. The molecule has 2 aromatic carbocycles. The molecule has 4 aromatic rings. The largest absolute Gasteiger partial charge is 0.431 e. The fourth-order valence-corrected chi connectivity index (χ4v) is 4.31. The molecule has 0 fully saturated rings. The Labute approximate surface area is 231 Å². The molecule has 2 heterocycles. The molecular formula is C24H18Br2N6O6. The third-order valence-corrected chi connectivity index (χ3v) is 6.55. The van der Waals surface area contributed by atoms with Crippen molar-refractivity contribution in [3.63, 3.8) is 0 Å². The second-order valence-electron chi connectivity index (χ2n) is 8.12. The molecule has 14 heteroatoms. The molecule has 0 spiro atoms. The SMILES string of the molecule is CC[C@H](C)c1nc2ccc(Br)cc2c(=O)n1N=Cc1cc(Br)cc([N+](=O)[O-])c1Oc1ccc([N+](=O)[O-])cn1. The van der Waals surface area contributed by atoms with Crippen LogP contribution in [-0.2, 0) is 0 Å². The summed E-state index contributed by atoms with van der Waals surface area (Å²) in [6, 6.07) is 10.3. The van der Waals surface area contributed by atoms with Crippen molar-refractivity contribution < 1.29 is 14.6 Å². The van der Waals surface area contributed by atoms with Gasteiger partial charge in [-0.15, -0.1) is 0 Å². The van der Waals surface area contributed by atoms with Crippen LogP contribution in [0.25, 0.3) is 10.9 Å². The molecule has 0 bridgehead atoms. The summed E-state index contributed by atoms with van der Waals surface area (Å²) in [5.74, 6) is -0.0133. The average Bonchev–Trinajstić information content (AvgIpc) is 2.89. The number of hydrogen-bond acceptors (Lipinski definition) is 9. The number of halogens is 2. The van der Waals surface area contributed by atoms with Gasteiger partial charge in [0, 0.05) is 38.6 Å². The van der Waals surface area contributed by atoms with Crippen molar-refractivity contribution in [1.29, 1.82) is 0 Å². The summed E-state index contributed by atoms with van der Waals surface area (Å²) in [5.41, 5.74) is -0.409. The smallest absolute Gasteiger partial charge is 0.313 e. The fourth-order valence-electron chi connectivity index (χ4n) is 3.49. The Morgan fingerprint density at radius 1 is 1.11 bits per heavy atom. The van der Waals surface area contributed by atoms with E-state index in [1.165, 1.54) is 29.1 Å². The molecule has 0 aliphatic rings. The number of benzene rings is 2. The summed E-state index contributed by atoms with van der Waals surface area (Å²) in [7, 11) is 0. The summed E-state index contributed by atoms with van der Waals surface area (Å²) in [6.45, 7) is 3.87. The predicted octanol–water partition coefficient (Wildman–Crippen LogP) is 6.32. The highest BCUT2D eigenvalue weighted by Gasteiger charge is 2.23. The first-order valence-electron chi connectivity index (χ1n) is 11.1. The Balaban J connectivity index is 1.87. The van der Waals surface area contributed by atoms with Crippen LogP contribution in [-0.4, -0.2) is 30.7 Å². The second kappa shape index (κ2) is 11.1. The molecule has 0 amide bonds. The maximum absolute atomic E-state index is 13.4. The van der Waals surface area contributed by atoms with E-state index in [2.05, 4.69) is 46.9 Å². The summed E-state index contributed by atoms with van der Waals surface area (Å²) >= 11 is 6.63. The van der Waals surface area contributed by atoms with E-state index in [1.54, 1.807) is 18.2 Å². The van der Waals surface area contributed by atoms with Gasteiger partial charge in [0.25, 0.3) is 11.2 Å². The van der Waals surface area contributed by atoms with E-state index in [0.29, 0.717) is 32.1 Å². The van der Waals surface area contributed by atoms with Crippen LogP contribution >= 0.6 is 31.9 Å². The van der Waals surface area contributed by atoms with E-state index in [4.69, 9.17) is 4.74 Å². The van der Waals surface area contributed by atoms with Crippen LogP contribution in [0, 0.1) is 20.2 Å². The molecule has 0 saturated carbocycles. The Morgan fingerprint density at radius 2 is 1.87 bits per heavy atom. The topological polar surface area (TPSA) is 156 Å². The van der Waals surface area contributed by atoms with E-state index < -0.39 is 21.1 Å². The van der Waals surface area contributed by atoms with Crippen molar-refractivity contribution in [2.75, 3.05) is 0 Å². The van der Waals surface area contributed by atoms with Crippen LogP contribution in [0.15, 0.2) is 67.5 Å². The fraction of sp³-hybridized carbons (Fsp3) is 0.167. The minimum atomic E-state index is -0.644. The normalized spacial score (nSPS) is 12.1. The number of hydrogen-bond donors (Lipinski definition) is 0. The molecule has 12 nitrogen and oxygen atoms in total. The third kappa shape index (κ3) is 5.60. The van der Waals surface area contributed by atoms with E-state index in [0.717, 1.165) is 12.3 Å². The quantitative estimate of drug-likeness (QED) is 0.122. The molecule has 0 N–H and O–H groups in total. The van der Waals surface area contributed by atoms with Crippen molar-refractivity contribution in [2.24, 2.45) is 5.10 Å². The molecule has 0 saturated heterocycles. The molecule has 2 aromatic heterocycles. The van der Waals surface area contributed by atoms with Gasteiger partial charge in [-0.05, 0) is 30.7 Å². The maximum Gasteiger partial charge on any atom is 0.313 e. The number of fused-ring (bicyclic) bond motifs is 1. The second-order valence-corrected chi connectivity index (χ2v) is 9.95. The minimum Gasteiger partial charge on any atom is -0.431 e. The molecule has 0 radical (unpaired) electrons. The summed E-state index contributed by atoms with van der Waals surface area (Å²) in [6.07, 6.45) is 2.93. The summed E-state index contributed by atoms with van der Waals surface area (Å²) in [5, 5.41) is 27.5. The highest BCUT2D eigenvalue weighted by atomic mass is 79.9. The predicted molar refractivity (Wildman–Crippen MR) is 147 cm³/mol. The molecule has 0 aliphatic carbocycles. The number of rotatable bonds is 8. The molecule has 194 valence electrons. The van der Waals surface area contributed by atoms with Gasteiger partial charge in [0.1, 0.15) is 12.0 Å². The van der Waals surface area contributed by atoms with Crippen LogP contribution in [0.3, 0.4) is 0 Å². The van der Waals surface area contributed by atoms with E-state index in [-0.39, 0.29) is 28.8 Å². The van der Waals surface area contributed by atoms with Gasteiger partial charge in [0.05, 0.1) is 27.0 Å². The number of ether oxygens (including phenoxy) is 1. The standard InChI is InChI=1S/C24H18Br2N6O6/c1-3-13(2)23-29-19-6-4-15(25)9-18(19)24(33)30(23)28-11-14-8-16(26)10-20(32(36)37)22(14)38-21-7-5-17(12-27-21)31(34)35/h4-13H,3H2,1-2H3/t13-/m0/s1. The van der Waals surface area contributed by atoms with Crippen LogP contribution < -0.4 is 10.3 Å². The van der Waals surface area contributed by atoms with E-state index >= 15 is 0 Å². The van der Waals surface area contributed by atoms with Gasteiger partial charge < -0.3 is 4.74 Å². The summed E-state index contributed by atoms with van der Waals surface area (Å²) in [4.78, 5) is 43.4. The van der Waals surface area contributed by atoms with Crippen LogP contribution in [0.2, 0.25) is 0 Å². The number of aromatic nitrogens is 3. The number of nitrogens with zero attached hydrogens (tertiary/aromatic N) is 6. The lowest BCUT2D eigenvalue weighted by Gasteiger charge is -2.14. The first-order chi connectivity index (χ1) is 18.1. The van der Waals surface area contributed by atoms with Gasteiger partial charge in [-0.2, -0.15) is 9.78 Å². The first-order valence-corrected chi connectivity index (χ1v) is 12.7. The molecule has 0 unspecified atom stereocenters. The zero-order chi connectivity index (χ0) is 27.6. The monoisotopic (exact) mass is 644 g/mol. The van der Waals surface area contributed by atoms with Crippen molar-refractivity contribution in [3.8, 4) is 11.6 Å².